The van der Waals surface area contributed by atoms with Crippen LogP contribution in [0.15, 0.2) is 52.9 Å². The zero-order valence-corrected chi connectivity index (χ0v) is 20.6. The van der Waals surface area contributed by atoms with Gasteiger partial charge in [-0.3, -0.25) is 4.79 Å². The molecule has 2 aromatic heterocycles. The maximum absolute atomic E-state index is 13.5. The van der Waals surface area contributed by atoms with Crippen molar-refractivity contribution in [3.8, 4) is 0 Å². The number of para-hydroxylation sites is 1. The van der Waals surface area contributed by atoms with E-state index in [1.807, 2.05) is 36.1 Å². The molecule has 0 bridgehead atoms. The van der Waals surface area contributed by atoms with Gasteiger partial charge in [-0.25, -0.2) is 4.98 Å². The van der Waals surface area contributed by atoms with E-state index in [1.165, 1.54) is 6.07 Å². The Bertz CT molecular complexity index is 1440. The van der Waals surface area contributed by atoms with E-state index < -0.39 is 11.9 Å². The van der Waals surface area contributed by atoms with Crippen LogP contribution in [0, 0.1) is 6.92 Å². The number of aromatic nitrogens is 1. The van der Waals surface area contributed by atoms with E-state index in [0.29, 0.717) is 53.1 Å². The number of nitrogens with one attached hydrogen (secondary N) is 1. The lowest BCUT2D eigenvalue weighted by Crippen LogP contribution is -2.43. The maximum Gasteiger partial charge on any atom is 0.433 e. The number of benzene rings is 2. The average Bonchev–Trinajstić information content (AvgIpc) is 3.19. The van der Waals surface area contributed by atoms with Gasteiger partial charge in [0.2, 0.25) is 0 Å². The van der Waals surface area contributed by atoms with Crippen LogP contribution in [0.1, 0.15) is 47.5 Å². The van der Waals surface area contributed by atoms with Crippen LogP contribution in [-0.4, -0.2) is 30.0 Å². The molecule has 1 saturated carbocycles. The summed E-state index contributed by atoms with van der Waals surface area (Å²) in [4.78, 5) is 18.6. The Morgan fingerprint density at radius 2 is 1.81 bits per heavy atom. The lowest BCUT2D eigenvalue weighted by molar-refractivity contribution is -0.140. The molecule has 2 aromatic carbocycles. The fraction of sp³-hybridized carbons (Fsp3) is 0.333. The lowest BCUT2D eigenvalue weighted by Gasteiger charge is -2.36. The van der Waals surface area contributed by atoms with Crippen LogP contribution in [0.3, 0.4) is 0 Å². The Morgan fingerprint density at radius 1 is 1.08 bits per heavy atom. The molecule has 5 nitrogen and oxygen atoms in total. The molecule has 1 aliphatic rings. The molecule has 188 valence electrons. The first-order valence-corrected chi connectivity index (χ1v) is 12.2. The molecule has 5 rings (SSSR count). The van der Waals surface area contributed by atoms with E-state index in [4.69, 9.17) is 16.0 Å². The number of aryl methyl sites for hydroxylation is 1. The Morgan fingerprint density at radius 3 is 2.50 bits per heavy atom. The van der Waals surface area contributed by atoms with E-state index in [1.54, 1.807) is 19.2 Å². The van der Waals surface area contributed by atoms with Crippen LogP contribution in [0.25, 0.3) is 21.9 Å². The Kier molecular flexibility index (Phi) is 6.32. The summed E-state index contributed by atoms with van der Waals surface area (Å²) in [5.74, 6) is 0.0698. The molecule has 0 saturated heterocycles. The molecule has 1 N–H and O–H groups in total. The Balaban J connectivity index is 1.31. The molecule has 2 heterocycles. The van der Waals surface area contributed by atoms with E-state index in [0.717, 1.165) is 17.0 Å². The zero-order chi connectivity index (χ0) is 25.6. The predicted molar refractivity (Wildman–Crippen MR) is 135 cm³/mol. The van der Waals surface area contributed by atoms with Gasteiger partial charge in [0.25, 0.3) is 5.91 Å². The number of nitrogens with zero attached hydrogens (tertiary/aromatic N) is 2. The van der Waals surface area contributed by atoms with Crippen molar-refractivity contribution in [3.05, 3.63) is 70.6 Å². The molecule has 1 amide bonds. The summed E-state index contributed by atoms with van der Waals surface area (Å²) in [5.41, 5.74) is 1.24. The number of fused-ring (bicyclic) bond motifs is 2. The van der Waals surface area contributed by atoms with Crippen molar-refractivity contribution in [2.75, 3.05) is 11.9 Å². The van der Waals surface area contributed by atoms with Crippen LogP contribution >= 0.6 is 11.6 Å². The first-order chi connectivity index (χ1) is 17.1. The summed E-state index contributed by atoms with van der Waals surface area (Å²) in [7, 11) is 1.80. The Hall–Kier alpha value is -3.26. The van der Waals surface area contributed by atoms with Gasteiger partial charge in [-0.2, -0.15) is 13.2 Å². The fourth-order valence-corrected chi connectivity index (χ4v) is 5.24. The summed E-state index contributed by atoms with van der Waals surface area (Å²) in [5, 5.41) is 5.00. The lowest BCUT2D eigenvalue weighted by atomic mass is 9.89. The number of carbonyl (C=O) groups is 1. The fourth-order valence-electron chi connectivity index (χ4n) is 5.06. The van der Waals surface area contributed by atoms with Crippen LogP contribution in [0.2, 0.25) is 5.02 Å². The molecule has 4 aromatic rings. The minimum Gasteiger partial charge on any atom is -0.451 e. The normalized spacial score (nSPS) is 18.5. The van der Waals surface area contributed by atoms with Crippen LogP contribution in [-0.2, 0) is 6.18 Å². The summed E-state index contributed by atoms with van der Waals surface area (Å²) < 4.78 is 46.4. The van der Waals surface area contributed by atoms with Gasteiger partial charge in [-0.15, -0.1) is 0 Å². The summed E-state index contributed by atoms with van der Waals surface area (Å²) in [6.07, 6.45) is -1.72. The van der Waals surface area contributed by atoms with Gasteiger partial charge >= 0.3 is 6.18 Å². The molecular weight excluding hydrogens is 491 g/mol. The van der Waals surface area contributed by atoms with Crippen molar-refractivity contribution in [3.63, 3.8) is 0 Å². The second-order valence-corrected chi connectivity index (χ2v) is 9.76. The number of halogens is 4. The third-order valence-corrected chi connectivity index (χ3v) is 7.28. The van der Waals surface area contributed by atoms with Gasteiger partial charge in [0, 0.05) is 46.2 Å². The Labute approximate surface area is 211 Å². The average molecular weight is 516 g/mol. The van der Waals surface area contributed by atoms with Crippen molar-refractivity contribution in [1.29, 1.82) is 0 Å². The second kappa shape index (κ2) is 9.32. The van der Waals surface area contributed by atoms with Gasteiger partial charge in [-0.05, 0) is 62.9 Å². The number of anilines is 1. The van der Waals surface area contributed by atoms with Gasteiger partial charge in [0.15, 0.2) is 5.76 Å². The van der Waals surface area contributed by atoms with Gasteiger partial charge in [0.05, 0.1) is 5.52 Å². The van der Waals surface area contributed by atoms with Gasteiger partial charge in [0.1, 0.15) is 11.3 Å². The first kappa shape index (κ1) is 24.4. The van der Waals surface area contributed by atoms with E-state index in [2.05, 4.69) is 10.3 Å². The number of carbonyl (C=O) groups excluding carboxylic acids is 1. The number of hydrogen-bond acceptors (Lipinski definition) is 4. The highest BCUT2D eigenvalue weighted by Crippen LogP contribution is 2.37. The van der Waals surface area contributed by atoms with Crippen molar-refractivity contribution in [2.45, 2.75) is 50.9 Å². The highest BCUT2D eigenvalue weighted by atomic mass is 35.5. The van der Waals surface area contributed by atoms with Crippen molar-refractivity contribution >= 4 is 45.1 Å². The van der Waals surface area contributed by atoms with E-state index >= 15 is 0 Å². The van der Waals surface area contributed by atoms with Crippen molar-refractivity contribution in [1.82, 2.24) is 10.3 Å². The smallest absolute Gasteiger partial charge is 0.433 e. The molecule has 9 heteroatoms. The van der Waals surface area contributed by atoms with E-state index in [-0.39, 0.29) is 23.5 Å². The van der Waals surface area contributed by atoms with Crippen LogP contribution in [0.5, 0.6) is 0 Å². The number of alkyl halides is 3. The van der Waals surface area contributed by atoms with Crippen LogP contribution < -0.4 is 10.2 Å². The summed E-state index contributed by atoms with van der Waals surface area (Å²) >= 11 is 6.15. The standard InChI is InChI=1S/C27H25ClF3N3O2/c1-15-19-5-3-4-6-23(19)36-25(15)26(35)32-17-8-10-18(11-9-17)34(2)22-14-24(27(29,30)31)33-21-12-7-16(28)13-20(21)22/h3-7,12-14,17-18H,8-11H2,1-2H3,(H,32,35)/t17-,18+. The molecule has 36 heavy (non-hydrogen) atoms. The summed E-state index contributed by atoms with van der Waals surface area (Å²) in [6.45, 7) is 1.87. The molecule has 1 aliphatic carbocycles. The maximum atomic E-state index is 13.5. The molecule has 0 unspecified atom stereocenters. The number of hydrogen-bond donors (Lipinski definition) is 1. The highest BCUT2D eigenvalue weighted by molar-refractivity contribution is 6.31. The summed E-state index contributed by atoms with van der Waals surface area (Å²) in [6, 6.07) is 13.3. The van der Waals surface area contributed by atoms with Gasteiger partial charge < -0.3 is 14.6 Å². The molecule has 0 atom stereocenters. The van der Waals surface area contributed by atoms with Crippen LogP contribution in [0.4, 0.5) is 18.9 Å². The molecular formula is C27H25ClF3N3O2. The van der Waals surface area contributed by atoms with Gasteiger partial charge in [-0.1, -0.05) is 29.8 Å². The quantitative estimate of drug-likeness (QED) is 0.314. The minimum absolute atomic E-state index is 0.0109. The first-order valence-electron chi connectivity index (χ1n) is 11.8. The predicted octanol–water partition coefficient (Wildman–Crippen LogP) is 7.14. The number of furan rings is 1. The largest absolute Gasteiger partial charge is 0.451 e. The monoisotopic (exact) mass is 515 g/mol. The molecule has 0 spiro atoms. The number of amides is 1. The van der Waals surface area contributed by atoms with Crippen molar-refractivity contribution < 1.29 is 22.4 Å². The minimum atomic E-state index is -4.56. The SMILES string of the molecule is Cc1c(C(=O)N[C@H]2CC[C@@H](N(C)c3cc(C(F)(F)F)nc4ccc(Cl)cc34)CC2)oc2ccccc12. The topological polar surface area (TPSA) is 58.4 Å². The van der Waals surface area contributed by atoms with E-state index in [9.17, 15) is 18.0 Å². The molecule has 0 aliphatic heterocycles. The number of pyridine rings is 1. The number of rotatable bonds is 4. The third kappa shape index (κ3) is 4.62. The molecule has 1 fully saturated rings. The highest BCUT2D eigenvalue weighted by Gasteiger charge is 2.35. The van der Waals surface area contributed by atoms with Crippen molar-refractivity contribution in [2.24, 2.45) is 0 Å². The third-order valence-electron chi connectivity index (χ3n) is 7.05. The second-order valence-electron chi connectivity index (χ2n) is 9.33. The zero-order valence-electron chi connectivity index (χ0n) is 19.8. The molecule has 0 radical (unpaired) electrons.